The van der Waals surface area contributed by atoms with Crippen LogP contribution >= 0.6 is 11.6 Å². The zero-order valence-corrected chi connectivity index (χ0v) is 9.36. The number of nitrogens with two attached hydrogens (primary N) is 1. The Morgan fingerprint density at radius 3 is 2.93 bits per heavy atom. The number of nitrogen functional groups attached to an aromatic ring is 1. The van der Waals surface area contributed by atoms with Crippen molar-refractivity contribution < 1.29 is 4.21 Å². The lowest BCUT2D eigenvalue weighted by molar-refractivity contribution is 0.687. The van der Waals surface area contributed by atoms with Crippen LogP contribution in [-0.4, -0.2) is 27.7 Å². The second-order valence-electron chi connectivity index (χ2n) is 2.79. The predicted molar refractivity (Wildman–Crippen MR) is 61.1 cm³/mol. The van der Waals surface area contributed by atoms with Crippen LogP contribution in [0.4, 0.5) is 11.4 Å². The Hall–Kier alpha value is -0.810. The summed E-state index contributed by atoms with van der Waals surface area (Å²) in [7, 11) is -0.814. The summed E-state index contributed by atoms with van der Waals surface area (Å²) in [4.78, 5) is 3.83. The molecular weight excluding hydrogens is 222 g/mol. The second-order valence-corrected chi connectivity index (χ2v) is 4.75. The van der Waals surface area contributed by atoms with Crippen molar-refractivity contribution in [2.24, 2.45) is 0 Å². The van der Waals surface area contributed by atoms with Gasteiger partial charge in [-0.3, -0.25) is 9.19 Å². The Balaban J connectivity index is 2.62. The van der Waals surface area contributed by atoms with Gasteiger partial charge in [-0.15, -0.1) is 0 Å². The molecule has 0 bridgehead atoms. The molecule has 0 saturated heterocycles. The normalized spacial score (nSPS) is 12.4. The Morgan fingerprint density at radius 1 is 1.64 bits per heavy atom. The lowest BCUT2D eigenvalue weighted by atomic mass is 10.3. The van der Waals surface area contributed by atoms with Crippen LogP contribution in [0.15, 0.2) is 12.4 Å². The summed E-state index contributed by atoms with van der Waals surface area (Å²) in [5.41, 5.74) is 6.81. The number of hydrogen-bond acceptors (Lipinski definition) is 4. The van der Waals surface area contributed by atoms with Gasteiger partial charge in [0.1, 0.15) is 0 Å². The van der Waals surface area contributed by atoms with Crippen LogP contribution in [0, 0.1) is 0 Å². The third-order valence-electron chi connectivity index (χ3n) is 1.62. The summed E-state index contributed by atoms with van der Waals surface area (Å²) in [5, 5.41) is 3.50. The molecule has 4 nitrogen and oxygen atoms in total. The van der Waals surface area contributed by atoms with Gasteiger partial charge in [0.15, 0.2) is 0 Å². The molecule has 0 radical (unpaired) electrons. The van der Waals surface area contributed by atoms with Crippen molar-refractivity contribution in [2.45, 2.75) is 0 Å². The van der Waals surface area contributed by atoms with E-state index in [9.17, 15) is 4.21 Å². The van der Waals surface area contributed by atoms with Crippen molar-refractivity contribution in [3.63, 3.8) is 0 Å². The zero-order valence-electron chi connectivity index (χ0n) is 7.79. The van der Waals surface area contributed by atoms with E-state index in [1.807, 2.05) is 0 Å². The smallest absolute Gasteiger partial charge is 0.0841 e. The first-order valence-corrected chi connectivity index (χ1v) is 6.14. The maximum Gasteiger partial charge on any atom is 0.0841 e. The highest BCUT2D eigenvalue weighted by molar-refractivity contribution is 7.84. The molecule has 78 valence electrons. The molecule has 14 heavy (non-hydrogen) atoms. The lowest BCUT2D eigenvalue weighted by Crippen LogP contribution is -2.11. The van der Waals surface area contributed by atoms with Gasteiger partial charge in [0.05, 0.1) is 22.6 Å². The highest BCUT2D eigenvalue weighted by Gasteiger charge is 2.03. The van der Waals surface area contributed by atoms with E-state index in [0.717, 1.165) is 0 Å². The molecule has 1 aromatic rings. The van der Waals surface area contributed by atoms with Crippen LogP contribution in [0.25, 0.3) is 0 Å². The lowest BCUT2D eigenvalue weighted by Gasteiger charge is -2.09. The van der Waals surface area contributed by atoms with Crippen molar-refractivity contribution in [1.29, 1.82) is 0 Å². The first-order valence-electron chi connectivity index (χ1n) is 4.04. The minimum atomic E-state index is -0.814. The molecule has 0 aromatic carbocycles. The first kappa shape index (κ1) is 11.3. The number of rotatable bonds is 4. The molecule has 0 amide bonds. The van der Waals surface area contributed by atoms with Crippen molar-refractivity contribution >= 4 is 33.8 Å². The minimum Gasteiger partial charge on any atom is -0.396 e. The SMILES string of the molecule is CS(=O)CCNc1c(N)cncc1Cl. The van der Waals surface area contributed by atoms with E-state index >= 15 is 0 Å². The average Bonchev–Trinajstić information content (AvgIpc) is 2.09. The fourth-order valence-corrected chi connectivity index (χ4v) is 1.58. The standard InChI is InChI=1S/C8H12ClN3OS/c1-14(13)3-2-12-8-6(9)4-11-5-7(8)10/h4-5H,2-3,10H2,1H3,(H,11,12). The van der Waals surface area contributed by atoms with E-state index in [2.05, 4.69) is 10.3 Å². The molecule has 3 N–H and O–H groups in total. The third-order valence-corrected chi connectivity index (χ3v) is 2.69. The fourth-order valence-electron chi connectivity index (χ4n) is 0.956. The summed E-state index contributed by atoms with van der Waals surface area (Å²) in [5.74, 6) is 0.568. The van der Waals surface area contributed by atoms with Crippen molar-refractivity contribution in [3.05, 3.63) is 17.4 Å². The van der Waals surface area contributed by atoms with Gasteiger partial charge in [-0.1, -0.05) is 11.6 Å². The molecule has 1 heterocycles. The van der Waals surface area contributed by atoms with Crippen LogP contribution in [0.3, 0.4) is 0 Å². The Morgan fingerprint density at radius 2 is 2.36 bits per heavy atom. The third kappa shape index (κ3) is 3.16. The number of nitrogens with one attached hydrogen (secondary N) is 1. The monoisotopic (exact) mass is 233 g/mol. The molecule has 0 aliphatic carbocycles. The highest BCUT2D eigenvalue weighted by atomic mass is 35.5. The van der Waals surface area contributed by atoms with Crippen LogP contribution in [0.5, 0.6) is 0 Å². The van der Waals surface area contributed by atoms with Gasteiger partial charge in [0, 0.05) is 35.5 Å². The fraction of sp³-hybridized carbons (Fsp3) is 0.375. The predicted octanol–water partition coefficient (Wildman–Crippen LogP) is 1.11. The Bertz CT molecular complexity index is 325. The molecule has 1 unspecified atom stereocenters. The van der Waals surface area contributed by atoms with E-state index in [0.29, 0.717) is 28.7 Å². The van der Waals surface area contributed by atoms with Gasteiger partial charge in [0.25, 0.3) is 0 Å². The number of anilines is 2. The van der Waals surface area contributed by atoms with Crippen molar-refractivity contribution in [2.75, 3.05) is 29.6 Å². The van der Waals surface area contributed by atoms with E-state index in [1.54, 1.807) is 6.26 Å². The number of hydrogen-bond donors (Lipinski definition) is 2. The first-order chi connectivity index (χ1) is 6.61. The summed E-state index contributed by atoms with van der Waals surface area (Å²) in [6.07, 6.45) is 4.69. The summed E-state index contributed by atoms with van der Waals surface area (Å²) >= 11 is 5.86. The molecular formula is C8H12ClN3OS. The van der Waals surface area contributed by atoms with Gasteiger partial charge in [0.2, 0.25) is 0 Å². The number of halogens is 1. The topological polar surface area (TPSA) is 68.0 Å². The minimum absolute atomic E-state index is 0.479. The van der Waals surface area contributed by atoms with Crippen molar-refractivity contribution in [1.82, 2.24) is 4.98 Å². The molecule has 1 atom stereocenters. The highest BCUT2D eigenvalue weighted by Crippen LogP contribution is 2.25. The molecule has 0 aliphatic heterocycles. The molecule has 1 aromatic heterocycles. The summed E-state index contributed by atoms with van der Waals surface area (Å²) in [6.45, 7) is 0.580. The van der Waals surface area contributed by atoms with Crippen LogP contribution in [-0.2, 0) is 10.8 Å². The van der Waals surface area contributed by atoms with Gasteiger partial charge in [-0.2, -0.15) is 0 Å². The number of pyridine rings is 1. The van der Waals surface area contributed by atoms with Crippen LogP contribution in [0.2, 0.25) is 5.02 Å². The maximum absolute atomic E-state index is 10.8. The van der Waals surface area contributed by atoms with Gasteiger partial charge in [-0.25, -0.2) is 0 Å². The van der Waals surface area contributed by atoms with Crippen molar-refractivity contribution in [3.8, 4) is 0 Å². The van der Waals surface area contributed by atoms with E-state index in [1.165, 1.54) is 12.4 Å². The van der Waals surface area contributed by atoms with Crippen LogP contribution in [0.1, 0.15) is 0 Å². The van der Waals surface area contributed by atoms with E-state index in [-0.39, 0.29) is 0 Å². The molecule has 0 fully saturated rings. The summed E-state index contributed by atoms with van der Waals surface area (Å²) < 4.78 is 10.8. The Kier molecular flexibility index (Phi) is 4.16. The molecule has 0 saturated carbocycles. The second kappa shape index (κ2) is 5.17. The molecule has 0 spiro atoms. The summed E-state index contributed by atoms with van der Waals surface area (Å²) in [6, 6.07) is 0. The van der Waals surface area contributed by atoms with Gasteiger partial charge < -0.3 is 11.1 Å². The average molecular weight is 234 g/mol. The van der Waals surface area contributed by atoms with Gasteiger partial charge >= 0.3 is 0 Å². The molecule has 6 heteroatoms. The maximum atomic E-state index is 10.8. The quantitative estimate of drug-likeness (QED) is 0.818. The van der Waals surface area contributed by atoms with E-state index in [4.69, 9.17) is 17.3 Å². The number of nitrogens with zero attached hydrogens (tertiary/aromatic N) is 1. The van der Waals surface area contributed by atoms with E-state index < -0.39 is 10.8 Å². The molecule has 1 rings (SSSR count). The van der Waals surface area contributed by atoms with Gasteiger partial charge in [-0.05, 0) is 0 Å². The molecule has 0 aliphatic rings. The van der Waals surface area contributed by atoms with Crippen LogP contribution < -0.4 is 11.1 Å². The number of aromatic nitrogens is 1. The Labute approximate surface area is 90.3 Å². The largest absolute Gasteiger partial charge is 0.396 e. The zero-order chi connectivity index (χ0) is 10.6.